The molecule has 0 fully saturated rings. The number of carbonyl (C=O) groups is 1. The Bertz CT molecular complexity index is 703. The van der Waals surface area contributed by atoms with Crippen LogP contribution in [-0.4, -0.2) is 31.2 Å². The first-order chi connectivity index (χ1) is 11.9. The minimum absolute atomic E-state index is 0.282. The highest BCUT2D eigenvalue weighted by atomic mass is 19.4. The van der Waals surface area contributed by atoms with E-state index in [-0.39, 0.29) is 5.69 Å². The number of amides is 1. The van der Waals surface area contributed by atoms with E-state index in [2.05, 4.69) is 15.6 Å². The molecule has 1 heterocycles. The molecule has 0 radical (unpaired) electrons. The normalized spacial score (nSPS) is 11.2. The smallest absolute Gasteiger partial charge is 0.385 e. The number of aromatic nitrogens is 1. The fraction of sp³-hybridized carbons (Fsp3) is 0.294. The van der Waals surface area contributed by atoms with Crippen LogP contribution in [0.25, 0.3) is 0 Å². The molecule has 0 atom stereocenters. The fourth-order valence-electron chi connectivity index (χ4n) is 2.05. The van der Waals surface area contributed by atoms with E-state index in [1.54, 1.807) is 13.2 Å². The maximum absolute atomic E-state index is 12.5. The van der Waals surface area contributed by atoms with Crippen molar-refractivity contribution in [2.45, 2.75) is 12.6 Å². The number of halogens is 3. The van der Waals surface area contributed by atoms with Crippen molar-refractivity contribution < 1.29 is 22.7 Å². The summed E-state index contributed by atoms with van der Waals surface area (Å²) in [6.07, 6.45) is -2.13. The van der Waals surface area contributed by atoms with E-state index in [9.17, 15) is 18.0 Å². The Kier molecular flexibility index (Phi) is 6.35. The second-order valence-electron chi connectivity index (χ2n) is 5.23. The summed E-state index contributed by atoms with van der Waals surface area (Å²) in [5.41, 5.74) is -0.134. The molecule has 25 heavy (non-hydrogen) atoms. The number of nitrogens with zero attached hydrogens (tertiary/aromatic N) is 1. The highest BCUT2D eigenvalue weighted by molar-refractivity contribution is 6.04. The summed E-state index contributed by atoms with van der Waals surface area (Å²) < 4.78 is 42.5. The first-order valence-electron chi connectivity index (χ1n) is 7.57. The molecule has 1 amide bonds. The number of ether oxygens (including phenoxy) is 1. The van der Waals surface area contributed by atoms with E-state index in [4.69, 9.17) is 4.74 Å². The average molecular weight is 353 g/mol. The Morgan fingerprint density at radius 2 is 1.92 bits per heavy atom. The second-order valence-corrected chi connectivity index (χ2v) is 5.23. The van der Waals surface area contributed by atoms with Crippen molar-refractivity contribution in [1.82, 2.24) is 4.98 Å². The van der Waals surface area contributed by atoms with E-state index in [1.165, 1.54) is 24.4 Å². The number of benzene rings is 1. The van der Waals surface area contributed by atoms with E-state index < -0.39 is 17.6 Å². The van der Waals surface area contributed by atoms with Crippen molar-refractivity contribution in [1.29, 1.82) is 0 Å². The molecule has 0 bridgehead atoms. The molecule has 0 spiro atoms. The molecule has 0 saturated heterocycles. The minimum Gasteiger partial charge on any atom is -0.385 e. The molecular weight excluding hydrogens is 335 g/mol. The number of anilines is 2. The lowest BCUT2D eigenvalue weighted by atomic mass is 10.2. The number of hydrogen-bond acceptors (Lipinski definition) is 4. The van der Waals surface area contributed by atoms with Gasteiger partial charge in [0.05, 0.1) is 5.56 Å². The SMILES string of the molecule is COCCCNc1cc(C(=O)Nc2ccc(C(F)(F)F)cc2)ccn1. The Labute approximate surface area is 143 Å². The van der Waals surface area contributed by atoms with Crippen molar-refractivity contribution in [3.8, 4) is 0 Å². The second kappa shape index (κ2) is 8.48. The third-order valence-corrected chi connectivity index (χ3v) is 3.32. The third kappa shape index (κ3) is 5.75. The summed E-state index contributed by atoms with van der Waals surface area (Å²) >= 11 is 0. The van der Waals surface area contributed by atoms with Crippen molar-refractivity contribution in [3.05, 3.63) is 53.7 Å². The van der Waals surface area contributed by atoms with Gasteiger partial charge < -0.3 is 15.4 Å². The van der Waals surface area contributed by atoms with Crippen molar-refractivity contribution in [2.75, 3.05) is 30.9 Å². The van der Waals surface area contributed by atoms with Crippen molar-refractivity contribution >= 4 is 17.4 Å². The molecule has 0 unspecified atom stereocenters. The summed E-state index contributed by atoms with van der Waals surface area (Å²) in [5, 5.41) is 5.63. The number of methoxy groups -OCH3 is 1. The summed E-state index contributed by atoms with van der Waals surface area (Å²) in [4.78, 5) is 16.3. The molecule has 0 saturated carbocycles. The molecule has 2 N–H and O–H groups in total. The van der Waals surface area contributed by atoms with Crippen LogP contribution in [0.2, 0.25) is 0 Å². The first-order valence-corrected chi connectivity index (χ1v) is 7.57. The molecule has 0 aliphatic heterocycles. The molecule has 0 aliphatic carbocycles. The molecule has 1 aromatic heterocycles. The van der Waals surface area contributed by atoms with Crippen LogP contribution in [0.5, 0.6) is 0 Å². The highest BCUT2D eigenvalue weighted by Gasteiger charge is 2.29. The number of hydrogen-bond donors (Lipinski definition) is 2. The zero-order valence-corrected chi connectivity index (χ0v) is 13.6. The Morgan fingerprint density at radius 1 is 1.20 bits per heavy atom. The zero-order chi connectivity index (χ0) is 18.3. The predicted molar refractivity (Wildman–Crippen MR) is 88.6 cm³/mol. The highest BCUT2D eigenvalue weighted by Crippen LogP contribution is 2.29. The molecule has 5 nitrogen and oxygen atoms in total. The number of carbonyl (C=O) groups excluding carboxylic acids is 1. The quantitative estimate of drug-likeness (QED) is 0.743. The van der Waals surface area contributed by atoms with Crippen molar-refractivity contribution in [3.63, 3.8) is 0 Å². The van der Waals surface area contributed by atoms with E-state index in [0.29, 0.717) is 24.5 Å². The molecule has 0 aliphatic rings. The van der Waals surface area contributed by atoms with Gasteiger partial charge in [0.1, 0.15) is 5.82 Å². The Balaban J connectivity index is 1.98. The van der Waals surface area contributed by atoms with Gasteiger partial charge in [0, 0.05) is 37.7 Å². The van der Waals surface area contributed by atoms with Gasteiger partial charge in [-0.1, -0.05) is 0 Å². The van der Waals surface area contributed by atoms with Gasteiger partial charge in [0.25, 0.3) is 5.91 Å². The number of nitrogens with one attached hydrogen (secondary N) is 2. The largest absolute Gasteiger partial charge is 0.416 e. The van der Waals surface area contributed by atoms with E-state index >= 15 is 0 Å². The lowest BCUT2D eigenvalue weighted by Crippen LogP contribution is -2.13. The van der Waals surface area contributed by atoms with Crippen LogP contribution in [0, 0.1) is 0 Å². The maximum Gasteiger partial charge on any atom is 0.416 e. The topological polar surface area (TPSA) is 63.2 Å². The van der Waals surface area contributed by atoms with Crippen LogP contribution in [0.15, 0.2) is 42.6 Å². The lowest BCUT2D eigenvalue weighted by Gasteiger charge is -2.10. The molecule has 2 aromatic rings. The van der Waals surface area contributed by atoms with Gasteiger partial charge in [-0.2, -0.15) is 13.2 Å². The van der Waals surface area contributed by atoms with Crippen molar-refractivity contribution in [2.24, 2.45) is 0 Å². The van der Waals surface area contributed by atoms with Gasteiger partial charge in [-0.15, -0.1) is 0 Å². The lowest BCUT2D eigenvalue weighted by molar-refractivity contribution is -0.137. The van der Waals surface area contributed by atoms with Gasteiger partial charge in [0.15, 0.2) is 0 Å². The molecule has 134 valence electrons. The van der Waals surface area contributed by atoms with Crippen LogP contribution in [0.3, 0.4) is 0 Å². The summed E-state index contributed by atoms with van der Waals surface area (Å²) in [5.74, 6) is 0.110. The third-order valence-electron chi connectivity index (χ3n) is 3.32. The summed E-state index contributed by atoms with van der Waals surface area (Å²) in [6.45, 7) is 1.26. The Morgan fingerprint density at radius 3 is 2.56 bits per heavy atom. The van der Waals surface area contributed by atoms with Gasteiger partial charge in [-0.05, 0) is 42.8 Å². The van der Waals surface area contributed by atoms with Crippen LogP contribution >= 0.6 is 0 Å². The average Bonchev–Trinajstić information content (AvgIpc) is 2.59. The summed E-state index contributed by atoms with van der Waals surface area (Å²) in [7, 11) is 1.62. The van der Waals surface area contributed by atoms with Gasteiger partial charge in [-0.3, -0.25) is 4.79 Å². The molecule has 2 rings (SSSR count). The molecule has 1 aromatic carbocycles. The Hall–Kier alpha value is -2.61. The van der Waals surface area contributed by atoms with Gasteiger partial charge in [0.2, 0.25) is 0 Å². The molecule has 8 heteroatoms. The van der Waals surface area contributed by atoms with E-state index in [1.807, 2.05) is 0 Å². The van der Waals surface area contributed by atoms with Crippen LogP contribution in [0.4, 0.5) is 24.7 Å². The number of alkyl halides is 3. The van der Waals surface area contributed by atoms with Gasteiger partial charge in [-0.25, -0.2) is 4.98 Å². The predicted octanol–water partition coefficient (Wildman–Crippen LogP) is 3.80. The maximum atomic E-state index is 12.5. The van der Waals surface area contributed by atoms with Crippen LogP contribution < -0.4 is 10.6 Å². The zero-order valence-electron chi connectivity index (χ0n) is 13.6. The minimum atomic E-state index is -4.41. The number of rotatable bonds is 7. The van der Waals surface area contributed by atoms with Crippen LogP contribution in [-0.2, 0) is 10.9 Å². The van der Waals surface area contributed by atoms with E-state index in [0.717, 1.165) is 18.6 Å². The fourth-order valence-corrected chi connectivity index (χ4v) is 2.05. The molecular formula is C17H18F3N3O2. The van der Waals surface area contributed by atoms with Crippen LogP contribution in [0.1, 0.15) is 22.3 Å². The standard InChI is InChI=1S/C17H18F3N3O2/c1-25-10-2-8-21-15-11-12(7-9-22-15)16(24)23-14-5-3-13(4-6-14)17(18,19)20/h3-7,9,11H,2,8,10H2,1H3,(H,21,22)(H,23,24). The number of pyridine rings is 1. The monoisotopic (exact) mass is 353 g/mol. The van der Waals surface area contributed by atoms with Gasteiger partial charge >= 0.3 is 6.18 Å². The first kappa shape index (κ1) is 18.7. The summed E-state index contributed by atoms with van der Waals surface area (Å²) in [6, 6.07) is 7.37.